The van der Waals surface area contributed by atoms with E-state index in [1.165, 1.54) is 10.9 Å². The zero-order valence-corrected chi connectivity index (χ0v) is 18.5. The molecular formula is C23H30N6. The SMILES string of the molecule is Cc1nn(C)c2nccc(C(C)(C)CCC(C)(C)c3nn(C)c4ncccc34)c12. The number of aryl methyl sites for hydroxylation is 3. The minimum absolute atomic E-state index is 0.00487. The van der Waals surface area contributed by atoms with Crippen LogP contribution in [-0.2, 0) is 24.9 Å². The van der Waals surface area contributed by atoms with Gasteiger partial charge in [0.25, 0.3) is 0 Å². The normalized spacial score (nSPS) is 12.9. The highest BCUT2D eigenvalue weighted by Crippen LogP contribution is 2.39. The molecule has 0 N–H and O–H groups in total. The number of aromatic nitrogens is 6. The van der Waals surface area contributed by atoms with Crippen molar-refractivity contribution >= 4 is 22.1 Å². The average molecular weight is 391 g/mol. The molecule has 4 aromatic heterocycles. The Morgan fingerprint density at radius 3 is 2.24 bits per heavy atom. The van der Waals surface area contributed by atoms with Gasteiger partial charge in [0.1, 0.15) is 0 Å². The van der Waals surface area contributed by atoms with Crippen LogP contribution in [0, 0.1) is 6.92 Å². The van der Waals surface area contributed by atoms with Crippen LogP contribution in [0.25, 0.3) is 22.1 Å². The molecule has 6 nitrogen and oxygen atoms in total. The van der Waals surface area contributed by atoms with E-state index in [4.69, 9.17) is 5.10 Å². The molecule has 152 valence electrons. The van der Waals surface area contributed by atoms with Crippen molar-refractivity contribution in [2.45, 2.75) is 58.3 Å². The maximum absolute atomic E-state index is 4.83. The Bertz CT molecular complexity index is 1200. The molecule has 4 heterocycles. The molecule has 0 radical (unpaired) electrons. The Balaban J connectivity index is 1.67. The van der Waals surface area contributed by atoms with Crippen molar-refractivity contribution in [3.8, 4) is 0 Å². The van der Waals surface area contributed by atoms with Crippen LogP contribution in [-0.4, -0.2) is 29.5 Å². The van der Waals surface area contributed by atoms with Gasteiger partial charge in [-0.05, 0) is 48.9 Å². The first-order valence-corrected chi connectivity index (χ1v) is 10.2. The third kappa shape index (κ3) is 3.20. The number of rotatable bonds is 5. The highest BCUT2D eigenvalue weighted by molar-refractivity contribution is 5.83. The largest absolute Gasteiger partial charge is 0.250 e. The van der Waals surface area contributed by atoms with E-state index in [0.717, 1.165) is 40.9 Å². The molecule has 0 atom stereocenters. The highest BCUT2D eigenvalue weighted by atomic mass is 15.3. The van der Waals surface area contributed by atoms with Crippen LogP contribution >= 0.6 is 0 Å². The summed E-state index contributed by atoms with van der Waals surface area (Å²) < 4.78 is 3.77. The lowest BCUT2D eigenvalue weighted by molar-refractivity contribution is 0.370. The van der Waals surface area contributed by atoms with Crippen LogP contribution < -0.4 is 0 Å². The fourth-order valence-corrected chi connectivity index (χ4v) is 4.41. The van der Waals surface area contributed by atoms with Crippen molar-refractivity contribution in [2.24, 2.45) is 14.1 Å². The lowest BCUT2D eigenvalue weighted by Crippen LogP contribution is -2.25. The van der Waals surface area contributed by atoms with Gasteiger partial charge >= 0.3 is 0 Å². The summed E-state index contributed by atoms with van der Waals surface area (Å²) in [4.78, 5) is 9.05. The molecule has 4 rings (SSSR count). The van der Waals surface area contributed by atoms with E-state index in [-0.39, 0.29) is 10.8 Å². The number of hydrogen-bond donors (Lipinski definition) is 0. The lowest BCUT2D eigenvalue weighted by atomic mass is 9.73. The molecule has 0 spiro atoms. The topological polar surface area (TPSA) is 61.4 Å². The first kappa shape index (κ1) is 19.6. The Hall–Kier alpha value is -2.76. The molecule has 0 amide bonds. The molecule has 0 fully saturated rings. The molecule has 0 aromatic carbocycles. The molecule has 0 aliphatic heterocycles. The Morgan fingerprint density at radius 1 is 0.828 bits per heavy atom. The Kier molecular flexibility index (Phi) is 4.48. The van der Waals surface area contributed by atoms with Crippen LogP contribution in [0.3, 0.4) is 0 Å². The molecule has 6 heteroatoms. The molecule has 29 heavy (non-hydrogen) atoms. The average Bonchev–Trinajstić information content (AvgIpc) is 3.18. The first-order valence-electron chi connectivity index (χ1n) is 10.2. The van der Waals surface area contributed by atoms with Crippen molar-refractivity contribution < 1.29 is 0 Å². The van der Waals surface area contributed by atoms with Crippen LogP contribution in [0.1, 0.15) is 57.5 Å². The zero-order valence-electron chi connectivity index (χ0n) is 18.5. The van der Waals surface area contributed by atoms with Gasteiger partial charge in [0, 0.05) is 42.7 Å². The maximum atomic E-state index is 4.83. The summed E-state index contributed by atoms with van der Waals surface area (Å²) in [5.74, 6) is 0. The van der Waals surface area contributed by atoms with Gasteiger partial charge in [0.15, 0.2) is 11.3 Å². The summed E-state index contributed by atoms with van der Waals surface area (Å²) in [6, 6.07) is 6.28. The minimum Gasteiger partial charge on any atom is -0.250 e. The van der Waals surface area contributed by atoms with Crippen molar-refractivity contribution in [3.05, 3.63) is 47.5 Å². The van der Waals surface area contributed by atoms with E-state index in [0.29, 0.717) is 0 Å². The predicted molar refractivity (Wildman–Crippen MR) is 117 cm³/mol. The smallest absolute Gasteiger partial charge is 0.158 e. The van der Waals surface area contributed by atoms with Gasteiger partial charge in [0.05, 0.1) is 11.4 Å². The van der Waals surface area contributed by atoms with E-state index in [2.05, 4.69) is 61.8 Å². The van der Waals surface area contributed by atoms with Crippen LogP contribution in [0.15, 0.2) is 30.6 Å². The van der Waals surface area contributed by atoms with Crippen molar-refractivity contribution in [1.82, 2.24) is 29.5 Å². The van der Waals surface area contributed by atoms with Crippen molar-refractivity contribution in [2.75, 3.05) is 0 Å². The zero-order chi connectivity index (χ0) is 21.0. The molecule has 0 unspecified atom stereocenters. The molecule has 0 aliphatic carbocycles. The van der Waals surface area contributed by atoms with Gasteiger partial charge in [-0.3, -0.25) is 9.36 Å². The van der Waals surface area contributed by atoms with Gasteiger partial charge in [-0.15, -0.1) is 0 Å². The second kappa shape index (κ2) is 6.65. The van der Waals surface area contributed by atoms with Crippen molar-refractivity contribution in [1.29, 1.82) is 0 Å². The van der Waals surface area contributed by atoms with E-state index in [1.807, 2.05) is 41.9 Å². The molecular weight excluding hydrogens is 360 g/mol. The quantitative estimate of drug-likeness (QED) is 0.500. The fraction of sp³-hybridized carbons (Fsp3) is 0.478. The van der Waals surface area contributed by atoms with Crippen LogP contribution in [0.4, 0.5) is 0 Å². The molecule has 0 saturated heterocycles. The third-order valence-electron chi connectivity index (χ3n) is 6.24. The third-order valence-corrected chi connectivity index (χ3v) is 6.24. The number of pyridine rings is 2. The van der Waals surface area contributed by atoms with E-state index in [9.17, 15) is 0 Å². The van der Waals surface area contributed by atoms with Gasteiger partial charge < -0.3 is 0 Å². The molecule has 4 aromatic rings. The summed E-state index contributed by atoms with van der Waals surface area (Å²) in [6.45, 7) is 11.3. The second-order valence-corrected chi connectivity index (χ2v) is 9.38. The summed E-state index contributed by atoms with van der Waals surface area (Å²) in [5.41, 5.74) is 5.31. The summed E-state index contributed by atoms with van der Waals surface area (Å²) >= 11 is 0. The highest BCUT2D eigenvalue weighted by Gasteiger charge is 2.32. The fourth-order valence-electron chi connectivity index (χ4n) is 4.41. The Labute approximate surface area is 172 Å². The van der Waals surface area contributed by atoms with Gasteiger partial charge in [-0.2, -0.15) is 10.2 Å². The minimum atomic E-state index is -0.0596. The summed E-state index contributed by atoms with van der Waals surface area (Å²) in [5, 5.41) is 11.8. The van der Waals surface area contributed by atoms with E-state index < -0.39 is 0 Å². The Morgan fingerprint density at radius 2 is 1.48 bits per heavy atom. The van der Waals surface area contributed by atoms with Crippen molar-refractivity contribution in [3.63, 3.8) is 0 Å². The van der Waals surface area contributed by atoms with Crippen LogP contribution in [0.2, 0.25) is 0 Å². The lowest BCUT2D eigenvalue weighted by Gasteiger charge is -2.31. The molecule has 0 aliphatic rings. The van der Waals surface area contributed by atoms with Gasteiger partial charge in [-0.25, -0.2) is 9.97 Å². The standard InChI is InChI=1S/C23H30N6/c1-15-18-17(10-14-25-21(18)29(7)26-15)22(2,3)11-12-23(4,5)19-16-9-8-13-24-20(16)28(6)27-19/h8-10,13-14H,11-12H2,1-7H3. The van der Waals surface area contributed by atoms with Gasteiger partial charge in [0.2, 0.25) is 0 Å². The predicted octanol–water partition coefficient (Wildman–Crippen LogP) is 4.59. The second-order valence-electron chi connectivity index (χ2n) is 9.38. The van der Waals surface area contributed by atoms with Gasteiger partial charge in [-0.1, -0.05) is 27.7 Å². The number of nitrogens with zero attached hydrogens (tertiary/aromatic N) is 6. The molecule has 0 bridgehead atoms. The molecule has 0 saturated carbocycles. The van der Waals surface area contributed by atoms with E-state index in [1.54, 1.807) is 0 Å². The van der Waals surface area contributed by atoms with E-state index >= 15 is 0 Å². The summed E-state index contributed by atoms with van der Waals surface area (Å²) in [6.07, 6.45) is 5.79. The number of fused-ring (bicyclic) bond motifs is 2. The monoisotopic (exact) mass is 390 g/mol. The van der Waals surface area contributed by atoms with Crippen LogP contribution in [0.5, 0.6) is 0 Å². The summed E-state index contributed by atoms with van der Waals surface area (Å²) in [7, 11) is 3.93. The number of hydrogen-bond acceptors (Lipinski definition) is 4. The maximum Gasteiger partial charge on any atom is 0.158 e. The first-order chi connectivity index (χ1) is 13.6.